The summed E-state index contributed by atoms with van der Waals surface area (Å²) in [6.07, 6.45) is 1.97. The smallest absolute Gasteiger partial charge is 0.335 e. The van der Waals surface area contributed by atoms with Gasteiger partial charge in [-0.1, -0.05) is 6.07 Å². The van der Waals surface area contributed by atoms with Crippen molar-refractivity contribution in [1.29, 1.82) is 0 Å². The van der Waals surface area contributed by atoms with Gasteiger partial charge in [0, 0.05) is 35.6 Å². The number of amides is 1. The Morgan fingerprint density at radius 1 is 1.35 bits per heavy atom. The summed E-state index contributed by atoms with van der Waals surface area (Å²) in [6.45, 7) is 3.32. The number of hydrogen-bond acceptors (Lipinski definition) is 4. The van der Waals surface area contributed by atoms with E-state index in [0.717, 1.165) is 23.5 Å². The highest BCUT2D eigenvalue weighted by Crippen LogP contribution is 2.29. The number of aromatic carboxylic acids is 1. The van der Waals surface area contributed by atoms with Crippen LogP contribution in [0.4, 0.5) is 0 Å². The highest BCUT2D eigenvalue weighted by Gasteiger charge is 2.27. The lowest BCUT2D eigenvalue weighted by Gasteiger charge is -2.32. The number of thiazole rings is 1. The third-order valence-corrected chi connectivity index (χ3v) is 5.18. The van der Waals surface area contributed by atoms with Crippen molar-refractivity contribution in [3.8, 4) is 0 Å². The van der Waals surface area contributed by atoms with E-state index in [0.29, 0.717) is 18.7 Å². The Bertz CT molecular complexity index is 741. The number of nitrogens with zero attached hydrogens (tertiary/aromatic N) is 2. The minimum atomic E-state index is -1.02. The minimum absolute atomic E-state index is 0.105. The first-order valence-electron chi connectivity index (χ1n) is 7.59. The van der Waals surface area contributed by atoms with Crippen molar-refractivity contribution in [3.05, 3.63) is 51.5 Å². The fraction of sp³-hybridized carbons (Fsp3) is 0.353. The minimum Gasteiger partial charge on any atom is -0.478 e. The molecule has 0 radical (unpaired) electrons. The quantitative estimate of drug-likeness (QED) is 0.938. The summed E-state index contributed by atoms with van der Waals surface area (Å²) in [7, 11) is 0. The number of carboxylic acid groups (broad SMARTS) is 1. The summed E-state index contributed by atoms with van der Waals surface area (Å²) in [5.41, 5.74) is 1.59. The van der Waals surface area contributed by atoms with Crippen molar-refractivity contribution in [3.63, 3.8) is 0 Å². The molecule has 1 N–H and O–H groups in total. The number of carbonyl (C=O) groups is 2. The lowest BCUT2D eigenvalue weighted by molar-refractivity contribution is 0.0697. The van der Waals surface area contributed by atoms with Gasteiger partial charge in [0.2, 0.25) is 0 Å². The maximum absolute atomic E-state index is 12.7. The molecule has 0 bridgehead atoms. The van der Waals surface area contributed by atoms with Crippen molar-refractivity contribution in [1.82, 2.24) is 9.88 Å². The number of benzene rings is 1. The SMILES string of the molecule is Cc1csc([C@H]2CCCN(C(=O)c3cccc(C(=O)O)c3)C2)n1. The summed E-state index contributed by atoms with van der Waals surface area (Å²) >= 11 is 1.65. The number of aryl methyl sites for hydroxylation is 1. The van der Waals surface area contributed by atoms with Gasteiger partial charge in [-0.05, 0) is 38.0 Å². The molecule has 0 aliphatic carbocycles. The molecule has 2 aromatic rings. The average Bonchev–Trinajstić information content (AvgIpc) is 3.01. The van der Waals surface area contributed by atoms with Crippen LogP contribution in [0.5, 0.6) is 0 Å². The number of carboxylic acids is 1. The predicted octanol–water partition coefficient (Wildman–Crippen LogP) is 3.17. The first-order valence-corrected chi connectivity index (χ1v) is 8.47. The van der Waals surface area contributed by atoms with Gasteiger partial charge in [0.05, 0.1) is 10.6 Å². The van der Waals surface area contributed by atoms with Gasteiger partial charge < -0.3 is 10.0 Å². The molecular formula is C17H18N2O3S. The summed E-state index contributed by atoms with van der Waals surface area (Å²) in [6, 6.07) is 6.23. The second-order valence-corrected chi connectivity index (χ2v) is 6.69. The second-order valence-electron chi connectivity index (χ2n) is 5.80. The van der Waals surface area contributed by atoms with E-state index in [1.807, 2.05) is 17.2 Å². The third kappa shape index (κ3) is 3.42. The summed E-state index contributed by atoms with van der Waals surface area (Å²) in [5, 5.41) is 12.2. The molecule has 0 saturated carbocycles. The van der Waals surface area contributed by atoms with Gasteiger partial charge >= 0.3 is 5.97 Å². The van der Waals surface area contributed by atoms with Crippen LogP contribution >= 0.6 is 11.3 Å². The lowest BCUT2D eigenvalue weighted by Crippen LogP contribution is -2.39. The molecule has 0 unspecified atom stereocenters. The van der Waals surface area contributed by atoms with Crippen LogP contribution in [-0.2, 0) is 0 Å². The molecule has 6 heteroatoms. The molecule has 1 saturated heterocycles. The van der Waals surface area contributed by atoms with Gasteiger partial charge in [-0.15, -0.1) is 11.3 Å². The zero-order valence-electron chi connectivity index (χ0n) is 12.9. The van der Waals surface area contributed by atoms with Gasteiger partial charge in [0.15, 0.2) is 0 Å². The Kier molecular flexibility index (Phi) is 4.43. The number of piperidine rings is 1. The molecule has 1 fully saturated rings. The maximum Gasteiger partial charge on any atom is 0.335 e. The van der Waals surface area contributed by atoms with Gasteiger partial charge in [-0.3, -0.25) is 4.79 Å². The topological polar surface area (TPSA) is 70.5 Å². The monoisotopic (exact) mass is 330 g/mol. The molecular weight excluding hydrogens is 312 g/mol. The molecule has 1 atom stereocenters. The van der Waals surface area contributed by atoms with E-state index in [9.17, 15) is 9.59 Å². The fourth-order valence-electron chi connectivity index (χ4n) is 2.89. The number of rotatable bonds is 3. The van der Waals surface area contributed by atoms with Crippen molar-refractivity contribution < 1.29 is 14.7 Å². The van der Waals surface area contributed by atoms with E-state index in [4.69, 9.17) is 5.11 Å². The summed E-state index contributed by atoms with van der Waals surface area (Å²) < 4.78 is 0. The molecule has 1 aromatic carbocycles. The molecule has 120 valence electrons. The second kappa shape index (κ2) is 6.50. The van der Waals surface area contributed by atoms with Crippen LogP contribution in [0.15, 0.2) is 29.6 Å². The molecule has 1 amide bonds. The Balaban J connectivity index is 1.77. The van der Waals surface area contributed by atoms with Gasteiger partial charge in [0.25, 0.3) is 5.91 Å². The molecule has 5 nitrogen and oxygen atoms in total. The summed E-state index contributed by atoms with van der Waals surface area (Å²) in [5.74, 6) is -0.852. The predicted molar refractivity (Wildman–Crippen MR) is 88.1 cm³/mol. The normalized spacial score (nSPS) is 18.0. The lowest BCUT2D eigenvalue weighted by atomic mass is 9.97. The average molecular weight is 330 g/mol. The van der Waals surface area contributed by atoms with Crippen LogP contribution in [0.1, 0.15) is 50.2 Å². The largest absolute Gasteiger partial charge is 0.478 e. The number of hydrogen-bond donors (Lipinski definition) is 1. The maximum atomic E-state index is 12.7. The number of carbonyl (C=O) groups excluding carboxylic acids is 1. The van der Waals surface area contributed by atoms with Gasteiger partial charge in [-0.2, -0.15) is 0 Å². The summed E-state index contributed by atoms with van der Waals surface area (Å²) in [4.78, 5) is 30.1. The molecule has 3 rings (SSSR count). The van der Waals surface area contributed by atoms with Crippen LogP contribution in [0, 0.1) is 6.92 Å². The van der Waals surface area contributed by atoms with Crippen LogP contribution in [-0.4, -0.2) is 40.0 Å². The van der Waals surface area contributed by atoms with E-state index in [1.54, 1.807) is 23.5 Å². The molecule has 23 heavy (non-hydrogen) atoms. The van der Waals surface area contributed by atoms with E-state index >= 15 is 0 Å². The van der Waals surface area contributed by atoms with E-state index in [-0.39, 0.29) is 17.4 Å². The van der Waals surface area contributed by atoms with Crippen molar-refractivity contribution in [2.75, 3.05) is 13.1 Å². The van der Waals surface area contributed by atoms with Crippen LogP contribution < -0.4 is 0 Å². The Morgan fingerprint density at radius 3 is 2.83 bits per heavy atom. The van der Waals surface area contributed by atoms with Gasteiger partial charge in [-0.25, -0.2) is 9.78 Å². The number of likely N-dealkylation sites (tertiary alicyclic amines) is 1. The Labute approximate surface area is 138 Å². The van der Waals surface area contributed by atoms with Crippen LogP contribution in [0.2, 0.25) is 0 Å². The van der Waals surface area contributed by atoms with E-state index in [2.05, 4.69) is 4.98 Å². The molecule has 0 spiro atoms. The first-order chi connectivity index (χ1) is 11.0. The first kappa shape index (κ1) is 15.7. The zero-order chi connectivity index (χ0) is 16.4. The Morgan fingerprint density at radius 2 is 2.13 bits per heavy atom. The van der Waals surface area contributed by atoms with Crippen molar-refractivity contribution >= 4 is 23.2 Å². The highest BCUT2D eigenvalue weighted by molar-refractivity contribution is 7.09. The third-order valence-electron chi connectivity index (χ3n) is 4.05. The highest BCUT2D eigenvalue weighted by atomic mass is 32.1. The Hall–Kier alpha value is -2.21. The zero-order valence-corrected chi connectivity index (χ0v) is 13.7. The molecule has 1 aliphatic heterocycles. The molecule has 1 aromatic heterocycles. The van der Waals surface area contributed by atoms with E-state index in [1.165, 1.54) is 12.1 Å². The van der Waals surface area contributed by atoms with Crippen LogP contribution in [0.3, 0.4) is 0 Å². The number of aromatic nitrogens is 1. The fourth-order valence-corrected chi connectivity index (χ4v) is 3.82. The molecule has 1 aliphatic rings. The standard InChI is InChI=1S/C17H18N2O3S/c1-11-10-23-15(18-11)14-6-3-7-19(9-14)16(20)12-4-2-5-13(8-12)17(21)22/h2,4-5,8,10,14H,3,6-7,9H2,1H3,(H,21,22)/t14-/m0/s1. The van der Waals surface area contributed by atoms with Crippen molar-refractivity contribution in [2.45, 2.75) is 25.7 Å². The van der Waals surface area contributed by atoms with E-state index < -0.39 is 5.97 Å². The molecule has 2 heterocycles. The van der Waals surface area contributed by atoms with Crippen LogP contribution in [0.25, 0.3) is 0 Å². The van der Waals surface area contributed by atoms with Gasteiger partial charge in [0.1, 0.15) is 0 Å². The van der Waals surface area contributed by atoms with Crippen molar-refractivity contribution in [2.24, 2.45) is 0 Å².